The highest BCUT2D eigenvalue weighted by Gasteiger charge is 2.06. The van der Waals surface area contributed by atoms with E-state index in [1.54, 1.807) is 12.1 Å². The monoisotopic (exact) mass is 218 g/mol. The number of fused-ring (bicyclic) bond motifs is 1. The molecule has 0 saturated heterocycles. The lowest BCUT2D eigenvalue weighted by molar-refractivity contribution is -0.136. The predicted molar refractivity (Wildman–Crippen MR) is 58.6 cm³/mol. The van der Waals surface area contributed by atoms with E-state index in [9.17, 15) is 15.0 Å². The molecule has 0 aliphatic rings. The van der Waals surface area contributed by atoms with Gasteiger partial charge in [0.1, 0.15) is 11.5 Å². The van der Waals surface area contributed by atoms with E-state index in [0.717, 1.165) is 0 Å². The van der Waals surface area contributed by atoms with Crippen LogP contribution in [-0.4, -0.2) is 21.3 Å². The number of aliphatic carboxylic acids is 1. The second kappa shape index (κ2) is 3.73. The van der Waals surface area contributed by atoms with Crippen LogP contribution in [0.1, 0.15) is 5.56 Å². The minimum atomic E-state index is -0.947. The van der Waals surface area contributed by atoms with Gasteiger partial charge in [0, 0.05) is 5.39 Å². The number of hydrogen-bond donors (Lipinski definition) is 3. The fraction of sp³-hybridized carbons (Fsp3) is 0.0833. The Bertz CT molecular complexity index is 560. The summed E-state index contributed by atoms with van der Waals surface area (Å²) in [5, 5.41) is 28.8. The summed E-state index contributed by atoms with van der Waals surface area (Å²) < 4.78 is 0. The van der Waals surface area contributed by atoms with Crippen LogP contribution in [0, 0.1) is 0 Å². The number of carbonyl (C=O) groups is 1. The summed E-state index contributed by atoms with van der Waals surface area (Å²) in [6.45, 7) is 0. The molecule has 0 radical (unpaired) electrons. The summed E-state index contributed by atoms with van der Waals surface area (Å²) in [6.07, 6.45) is -0.135. The first kappa shape index (κ1) is 10.3. The highest BCUT2D eigenvalue weighted by molar-refractivity contribution is 5.90. The number of carboxylic acids is 1. The number of benzene rings is 2. The second-order valence-electron chi connectivity index (χ2n) is 3.59. The molecule has 16 heavy (non-hydrogen) atoms. The summed E-state index contributed by atoms with van der Waals surface area (Å²) in [6, 6.07) is 7.65. The van der Waals surface area contributed by atoms with Crippen molar-refractivity contribution in [1.29, 1.82) is 0 Å². The van der Waals surface area contributed by atoms with Crippen LogP contribution in [0.2, 0.25) is 0 Å². The molecule has 0 atom stereocenters. The van der Waals surface area contributed by atoms with Crippen LogP contribution in [0.25, 0.3) is 10.8 Å². The Morgan fingerprint density at radius 3 is 2.56 bits per heavy atom. The molecule has 0 spiro atoms. The van der Waals surface area contributed by atoms with E-state index in [0.29, 0.717) is 16.3 Å². The predicted octanol–water partition coefficient (Wildman–Crippen LogP) is 1.88. The molecule has 2 aromatic carbocycles. The minimum absolute atomic E-state index is 0.0235. The van der Waals surface area contributed by atoms with Crippen LogP contribution in [0.4, 0.5) is 0 Å². The van der Waals surface area contributed by atoms with Crippen molar-refractivity contribution >= 4 is 16.7 Å². The van der Waals surface area contributed by atoms with Gasteiger partial charge in [-0.2, -0.15) is 0 Å². The van der Waals surface area contributed by atoms with Crippen LogP contribution in [0.3, 0.4) is 0 Å². The minimum Gasteiger partial charge on any atom is -0.508 e. The second-order valence-corrected chi connectivity index (χ2v) is 3.59. The van der Waals surface area contributed by atoms with Crippen molar-refractivity contribution in [3.63, 3.8) is 0 Å². The van der Waals surface area contributed by atoms with Gasteiger partial charge in [0.25, 0.3) is 0 Å². The Balaban J connectivity index is 2.59. The van der Waals surface area contributed by atoms with Crippen molar-refractivity contribution in [1.82, 2.24) is 0 Å². The first-order valence-electron chi connectivity index (χ1n) is 4.72. The summed E-state index contributed by atoms with van der Waals surface area (Å²) in [4.78, 5) is 10.5. The van der Waals surface area contributed by atoms with Gasteiger partial charge in [-0.1, -0.05) is 12.1 Å². The van der Waals surface area contributed by atoms with Gasteiger partial charge in [0.05, 0.1) is 6.42 Å². The Morgan fingerprint density at radius 2 is 1.88 bits per heavy atom. The first-order valence-corrected chi connectivity index (χ1v) is 4.72. The van der Waals surface area contributed by atoms with Crippen LogP contribution < -0.4 is 0 Å². The van der Waals surface area contributed by atoms with Crippen LogP contribution in [0.5, 0.6) is 11.5 Å². The summed E-state index contributed by atoms with van der Waals surface area (Å²) in [5.74, 6) is -0.907. The molecule has 2 aromatic rings. The lowest BCUT2D eigenvalue weighted by Gasteiger charge is -2.05. The molecular formula is C12H10O4. The molecule has 0 unspecified atom stereocenters. The quantitative estimate of drug-likeness (QED) is 0.719. The van der Waals surface area contributed by atoms with Gasteiger partial charge in [-0.15, -0.1) is 0 Å². The van der Waals surface area contributed by atoms with Crippen molar-refractivity contribution in [2.75, 3.05) is 0 Å². The molecule has 0 aliphatic heterocycles. The molecule has 0 bridgehead atoms. The van der Waals surface area contributed by atoms with E-state index < -0.39 is 5.97 Å². The van der Waals surface area contributed by atoms with Gasteiger partial charge in [-0.05, 0) is 29.1 Å². The SMILES string of the molecule is O=C(O)Cc1cc(O)c2cc(O)ccc2c1. The fourth-order valence-corrected chi connectivity index (χ4v) is 1.66. The Morgan fingerprint density at radius 1 is 1.12 bits per heavy atom. The summed E-state index contributed by atoms with van der Waals surface area (Å²) in [7, 11) is 0. The lowest BCUT2D eigenvalue weighted by atomic mass is 10.0. The Labute approximate surface area is 91.4 Å². The zero-order chi connectivity index (χ0) is 11.7. The van der Waals surface area contributed by atoms with Crippen molar-refractivity contribution < 1.29 is 20.1 Å². The van der Waals surface area contributed by atoms with E-state index >= 15 is 0 Å². The van der Waals surface area contributed by atoms with Crippen molar-refractivity contribution in [2.45, 2.75) is 6.42 Å². The zero-order valence-electron chi connectivity index (χ0n) is 8.34. The third-order valence-corrected chi connectivity index (χ3v) is 2.33. The molecular weight excluding hydrogens is 208 g/mol. The molecule has 0 amide bonds. The number of hydrogen-bond acceptors (Lipinski definition) is 3. The first-order chi connectivity index (χ1) is 7.56. The average molecular weight is 218 g/mol. The van der Waals surface area contributed by atoms with E-state index in [-0.39, 0.29) is 17.9 Å². The van der Waals surface area contributed by atoms with Crippen LogP contribution in [-0.2, 0) is 11.2 Å². The highest BCUT2D eigenvalue weighted by Crippen LogP contribution is 2.29. The van der Waals surface area contributed by atoms with Gasteiger partial charge >= 0.3 is 5.97 Å². The number of carboxylic acid groups (broad SMARTS) is 1. The molecule has 82 valence electrons. The molecule has 0 heterocycles. The maximum absolute atomic E-state index is 10.5. The van der Waals surface area contributed by atoms with E-state index in [1.807, 2.05) is 0 Å². The third-order valence-electron chi connectivity index (χ3n) is 2.33. The molecule has 0 saturated carbocycles. The maximum Gasteiger partial charge on any atom is 0.307 e. The Hall–Kier alpha value is -2.23. The van der Waals surface area contributed by atoms with Crippen molar-refractivity contribution in [3.05, 3.63) is 35.9 Å². The van der Waals surface area contributed by atoms with Gasteiger partial charge in [-0.25, -0.2) is 0 Å². The largest absolute Gasteiger partial charge is 0.508 e. The number of aromatic hydroxyl groups is 2. The van der Waals surface area contributed by atoms with Gasteiger partial charge in [-0.3, -0.25) is 4.79 Å². The van der Waals surface area contributed by atoms with Gasteiger partial charge in [0.15, 0.2) is 0 Å². The summed E-state index contributed by atoms with van der Waals surface area (Å²) in [5.41, 5.74) is 0.531. The molecule has 0 fully saturated rings. The number of phenolic OH excluding ortho intramolecular Hbond substituents is 2. The molecule has 3 N–H and O–H groups in total. The van der Waals surface area contributed by atoms with E-state index in [1.165, 1.54) is 18.2 Å². The summed E-state index contributed by atoms with van der Waals surface area (Å²) >= 11 is 0. The maximum atomic E-state index is 10.5. The molecule has 0 aromatic heterocycles. The van der Waals surface area contributed by atoms with E-state index in [2.05, 4.69) is 0 Å². The van der Waals surface area contributed by atoms with Crippen molar-refractivity contribution in [3.8, 4) is 11.5 Å². The fourth-order valence-electron chi connectivity index (χ4n) is 1.66. The van der Waals surface area contributed by atoms with Crippen molar-refractivity contribution in [2.24, 2.45) is 0 Å². The zero-order valence-corrected chi connectivity index (χ0v) is 8.34. The smallest absolute Gasteiger partial charge is 0.307 e. The van der Waals surface area contributed by atoms with E-state index in [4.69, 9.17) is 5.11 Å². The molecule has 4 nitrogen and oxygen atoms in total. The molecule has 4 heteroatoms. The van der Waals surface area contributed by atoms with Crippen LogP contribution in [0.15, 0.2) is 30.3 Å². The third kappa shape index (κ3) is 1.91. The van der Waals surface area contributed by atoms with Gasteiger partial charge in [0.2, 0.25) is 0 Å². The highest BCUT2D eigenvalue weighted by atomic mass is 16.4. The van der Waals surface area contributed by atoms with Gasteiger partial charge < -0.3 is 15.3 Å². The average Bonchev–Trinajstić information content (AvgIpc) is 2.18. The van der Waals surface area contributed by atoms with Crippen LogP contribution >= 0.6 is 0 Å². The standard InChI is InChI=1S/C12H10O4/c13-9-2-1-8-3-7(5-12(15)16)4-11(14)10(8)6-9/h1-4,6,13-14H,5H2,(H,15,16). The molecule has 2 rings (SSSR count). The topological polar surface area (TPSA) is 77.8 Å². The normalized spacial score (nSPS) is 10.5. The lowest BCUT2D eigenvalue weighted by Crippen LogP contribution is -1.99. The number of rotatable bonds is 2. The molecule has 0 aliphatic carbocycles. The Kier molecular flexibility index (Phi) is 2.40. The number of phenols is 2.